The van der Waals surface area contributed by atoms with Crippen molar-refractivity contribution in [3.05, 3.63) is 40.2 Å². The first kappa shape index (κ1) is 21.9. The molecule has 1 N–H and O–H groups in total. The van der Waals surface area contributed by atoms with Gasteiger partial charge in [0, 0.05) is 12.8 Å². The van der Waals surface area contributed by atoms with Crippen molar-refractivity contribution in [3.63, 3.8) is 0 Å². The number of aryl methyl sites for hydroxylation is 3. The van der Waals surface area contributed by atoms with Gasteiger partial charge in [-0.2, -0.15) is 18.2 Å². The van der Waals surface area contributed by atoms with Crippen LogP contribution in [-0.2, 0) is 10.9 Å². The molecule has 8 heteroatoms. The van der Waals surface area contributed by atoms with Crippen LogP contribution in [0.15, 0.2) is 12.1 Å². The van der Waals surface area contributed by atoms with Crippen molar-refractivity contribution in [2.45, 2.75) is 53.3 Å². The molecule has 0 aliphatic carbocycles. The molecular formula is C20H26F3N3O2. The van der Waals surface area contributed by atoms with E-state index in [2.05, 4.69) is 15.3 Å². The molecule has 28 heavy (non-hydrogen) atoms. The zero-order valence-corrected chi connectivity index (χ0v) is 17.0. The summed E-state index contributed by atoms with van der Waals surface area (Å²) in [6, 6.07) is 2.25. The van der Waals surface area contributed by atoms with Gasteiger partial charge >= 0.3 is 6.18 Å². The Morgan fingerprint density at radius 2 is 1.68 bits per heavy atom. The van der Waals surface area contributed by atoms with Crippen LogP contribution >= 0.6 is 0 Å². The third-order valence-electron chi connectivity index (χ3n) is 4.40. The van der Waals surface area contributed by atoms with E-state index >= 15 is 0 Å². The van der Waals surface area contributed by atoms with Gasteiger partial charge in [-0.05, 0) is 57.4 Å². The van der Waals surface area contributed by atoms with Gasteiger partial charge in [0.1, 0.15) is 17.7 Å². The topological polar surface area (TPSA) is 56.3 Å². The van der Waals surface area contributed by atoms with Crippen LogP contribution in [0.1, 0.15) is 41.4 Å². The number of hydrogen-bond acceptors (Lipinski definition) is 5. The third-order valence-corrected chi connectivity index (χ3v) is 4.40. The number of anilines is 2. The van der Waals surface area contributed by atoms with E-state index < -0.39 is 11.7 Å². The van der Waals surface area contributed by atoms with Crippen LogP contribution in [0.25, 0.3) is 0 Å². The molecule has 0 saturated heterocycles. The number of nitrogens with zero attached hydrogens (tertiary/aromatic N) is 2. The first-order valence-corrected chi connectivity index (χ1v) is 9.03. The SMILES string of the molecule is CCC(COC)Oc1nc(C)nc(Nc2c(C)cc(C(F)(F)F)cc2C)c1C. The molecule has 5 nitrogen and oxygen atoms in total. The van der Waals surface area contributed by atoms with E-state index in [1.165, 1.54) is 0 Å². The van der Waals surface area contributed by atoms with E-state index in [1.807, 2.05) is 13.8 Å². The summed E-state index contributed by atoms with van der Waals surface area (Å²) in [4.78, 5) is 8.76. The Bertz CT molecular complexity index is 815. The number of halogens is 3. The zero-order valence-electron chi connectivity index (χ0n) is 17.0. The first-order chi connectivity index (χ1) is 13.1. The molecule has 0 amide bonds. The molecular weight excluding hydrogens is 371 g/mol. The highest BCUT2D eigenvalue weighted by Gasteiger charge is 2.31. The second-order valence-corrected chi connectivity index (χ2v) is 6.76. The summed E-state index contributed by atoms with van der Waals surface area (Å²) >= 11 is 0. The number of hydrogen-bond donors (Lipinski definition) is 1. The maximum absolute atomic E-state index is 13.0. The molecule has 1 atom stereocenters. The summed E-state index contributed by atoms with van der Waals surface area (Å²) in [6.07, 6.45) is -3.79. The monoisotopic (exact) mass is 397 g/mol. The molecule has 2 aromatic rings. The van der Waals surface area contributed by atoms with Crippen LogP contribution in [0.4, 0.5) is 24.7 Å². The van der Waals surface area contributed by atoms with Gasteiger partial charge in [-0.3, -0.25) is 0 Å². The normalized spacial score (nSPS) is 12.8. The van der Waals surface area contributed by atoms with Crippen molar-refractivity contribution in [2.24, 2.45) is 0 Å². The number of alkyl halides is 3. The van der Waals surface area contributed by atoms with Crippen molar-refractivity contribution in [3.8, 4) is 5.88 Å². The predicted molar refractivity (Wildman–Crippen MR) is 102 cm³/mol. The number of nitrogens with one attached hydrogen (secondary N) is 1. The molecule has 0 spiro atoms. The van der Waals surface area contributed by atoms with E-state index in [0.717, 1.165) is 18.6 Å². The van der Waals surface area contributed by atoms with Crippen molar-refractivity contribution < 1.29 is 22.6 Å². The average Bonchev–Trinajstić information content (AvgIpc) is 2.60. The minimum atomic E-state index is -4.38. The molecule has 0 aliphatic heterocycles. The highest BCUT2D eigenvalue weighted by Crippen LogP contribution is 2.35. The van der Waals surface area contributed by atoms with Gasteiger partial charge in [-0.1, -0.05) is 6.92 Å². The molecule has 0 bridgehead atoms. The number of rotatable bonds is 7. The van der Waals surface area contributed by atoms with Crippen molar-refractivity contribution >= 4 is 11.5 Å². The third kappa shape index (κ3) is 5.13. The van der Waals surface area contributed by atoms with E-state index in [0.29, 0.717) is 46.5 Å². The molecule has 0 saturated carbocycles. The average molecular weight is 397 g/mol. The summed E-state index contributed by atoms with van der Waals surface area (Å²) in [6.45, 7) is 9.24. The van der Waals surface area contributed by atoms with Gasteiger partial charge in [-0.15, -0.1) is 0 Å². The smallest absolute Gasteiger partial charge is 0.416 e. The standard InChI is InChI=1S/C20H26F3N3O2/c1-7-16(10-27-6)28-19-13(4)18(24-14(5)25-19)26-17-11(2)8-15(9-12(17)3)20(21,22)23/h8-9,16H,7,10H2,1-6H3,(H,24,25,26). The Morgan fingerprint density at radius 3 is 2.18 bits per heavy atom. The lowest BCUT2D eigenvalue weighted by atomic mass is 10.0. The fourth-order valence-electron chi connectivity index (χ4n) is 2.86. The summed E-state index contributed by atoms with van der Waals surface area (Å²) in [5.41, 5.74) is 1.56. The Kier molecular flexibility index (Phi) is 6.87. The van der Waals surface area contributed by atoms with E-state index in [1.54, 1.807) is 27.9 Å². The summed E-state index contributed by atoms with van der Waals surface area (Å²) in [5, 5.41) is 3.16. The summed E-state index contributed by atoms with van der Waals surface area (Å²) in [5.74, 6) is 1.43. The highest BCUT2D eigenvalue weighted by molar-refractivity contribution is 5.68. The molecule has 1 heterocycles. The number of benzene rings is 1. The van der Waals surface area contributed by atoms with Crippen LogP contribution < -0.4 is 10.1 Å². The molecule has 0 fully saturated rings. The highest BCUT2D eigenvalue weighted by atomic mass is 19.4. The van der Waals surface area contributed by atoms with Gasteiger partial charge in [-0.25, -0.2) is 4.98 Å². The van der Waals surface area contributed by atoms with E-state index in [4.69, 9.17) is 9.47 Å². The Morgan fingerprint density at radius 1 is 1.07 bits per heavy atom. The summed E-state index contributed by atoms with van der Waals surface area (Å²) < 4.78 is 50.2. The number of methoxy groups -OCH3 is 1. The van der Waals surface area contributed by atoms with Gasteiger partial charge in [0.05, 0.1) is 17.7 Å². The molecule has 1 aromatic carbocycles. The van der Waals surface area contributed by atoms with E-state index in [-0.39, 0.29) is 6.10 Å². The lowest BCUT2D eigenvalue weighted by Gasteiger charge is -2.20. The van der Waals surface area contributed by atoms with Crippen LogP contribution in [-0.4, -0.2) is 29.8 Å². The van der Waals surface area contributed by atoms with Crippen molar-refractivity contribution in [1.29, 1.82) is 0 Å². The zero-order chi connectivity index (χ0) is 21.1. The van der Waals surface area contributed by atoms with Crippen LogP contribution in [0, 0.1) is 27.7 Å². The number of aromatic nitrogens is 2. The van der Waals surface area contributed by atoms with Crippen molar-refractivity contribution in [2.75, 3.05) is 19.0 Å². The largest absolute Gasteiger partial charge is 0.472 e. The van der Waals surface area contributed by atoms with Crippen LogP contribution in [0.5, 0.6) is 5.88 Å². The van der Waals surface area contributed by atoms with E-state index in [9.17, 15) is 13.2 Å². The fraction of sp³-hybridized carbons (Fsp3) is 0.500. The van der Waals surface area contributed by atoms with Gasteiger partial charge in [0.2, 0.25) is 5.88 Å². The maximum Gasteiger partial charge on any atom is 0.416 e. The van der Waals surface area contributed by atoms with Crippen LogP contribution in [0.3, 0.4) is 0 Å². The lowest BCUT2D eigenvalue weighted by Crippen LogP contribution is -2.22. The minimum absolute atomic E-state index is 0.152. The fourth-order valence-corrected chi connectivity index (χ4v) is 2.86. The predicted octanol–water partition coefficient (Wildman–Crippen LogP) is 5.28. The van der Waals surface area contributed by atoms with Crippen molar-refractivity contribution in [1.82, 2.24) is 9.97 Å². The van der Waals surface area contributed by atoms with Crippen LogP contribution in [0.2, 0.25) is 0 Å². The molecule has 1 aromatic heterocycles. The Hall–Kier alpha value is -2.35. The van der Waals surface area contributed by atoms with Gasteiger partial charge in [0.25, 0.3) is 0 Å². The first-order valence-electron chi connectivity index (χ1n) is 9.03. The molecule has 154 valence electrons. The molecule has 2 rings (SSSR count). The lowest BCUT2D eigenvalue weighted by molar-refractivity contribution is -0.137. The molecule has 0 aliphatic rings. The second-order valence-electron chi connectivity index (χ2n) is 6.76. The quantitative estimate of drug-likeness (QED) is 0.689. The Balaban J connectivity index is 2.39. The molecule has 0 radical (unpaired) electrons. The van der Waals surface area contributed by atoms with Gasteiger partial charge < -0.3 is 14.8 Å². The molecule has 1 unspecified atom stereocenters. The number of ether oxygens (including phenoxy) is 2. The van der Waals surface area contributed by atoms with Gasteiger partial charge in [0.15, 0.2) is 0 Å². The second kappa shape index (κ2) is 8.77. The maximum atomic E-state index is 13.0. The minimum Gasteiger partial charge on any atom is -0.472 e. The summed E-state index contributed by atoms with van der Waals surface area (Å²) in [7, 11) is 1.60. The Labute approximate surface area is 163 Å².